The first-order chi connectivity index (χ1) is 11.6. The Balaban J connectivity index is 1.92. The van der Waals surface area contributed by atoms with Crippen LogP contribution in [0.25, 0.3) is 16.9 Å². The third kappa shape index (κ3) is 3.13. The lowest BCUT2D eigenvalue weighted by atomic mass is 10.1. The van der Waals surface area contributed by atoms with Crippen molar-refractivity contribution in [3.05, 3.63) is 70.3 Å². The van der Waals surface area contributed by atoms with Gasteiger partial charge in [0.1, 0.15) is 0 Å². The van der Waals surface area contributed by atoms with Crippen LogP contribution < -0.4 is 5.56 Å². The Labute approximate surface area is 140 Å². The molecule has 2 heterocycles. The molecule has 5 nitrogen and oxygen atoms in total. The Kier molecular flexibility index (Phi) is 4.30. The average Bonchev–Trinajstić information content (AvgIpc) is 2.97. The highest BCUT2D eigenvalue weighted by atomic mass is 16.1. The van der Waals surface area contributed by atoms with Crippen LogP contribution in [0.3, 0.4) is 0 Å². The SMILES string of the molecule is CC(C)Cc1ccc(-n2[nH]cc(-c3ccc(C#N)cc3)c2=O)nc1. The molecule has 0 amide bonds. The summed E-state index contributed by atoms with van der Waals surface area (Å²) in [6, 6.07) is 12.9. The van der Waals surface area contributed by atoms with E-state index < -0.39 is 0 Å². The fraction of sp³-hybridized carbons (Fsp3) is 0.211. The van der Waals surface area contributed by atoms with Gasteiger partial charge in [-0.15, -0.1) is 0 Å². The Bertz CT molecular complexity index is 925. The van der Waals surface area contributed by atoms with Crippen LogP contribution in [-0.4, -0.2) is 14.8 Å². The molecule has 0 saturated carbocycles. The molecular formula is C19H18N4O. The van der Waals surface area contributed by atoms with Crippen LogP contribution in [0.5, 0.6) is 0 Å². The predicted octanol–water partition coefficient (Wildman–Crippen LogP) is 3.30. The smallest absolute Gasteiger partial charge is 0.280 e. The molecule has 0 aliphatic carbocycles. The number of hydrogen-bond acceptors (Lipinski definition) is 3. The van der Waals surface area contributed by atoms with E-state index >= 15 is 0 Å². The summed E-state index contributed by atoms with van der Waals surface area (Å²) in [5.41, 5.74) is 2.87. The van der Waals surface area contributed by atoms with Gasteiger partial charge in [-0.2, -0.15) is 5.26 Å². The highest BCUT2D eigenvalue weighted by Crippen LogP contribution is 2.16. The van der Waals surface area contributed by atoms with Crippen molar-refractivity contribution in [1.82, 2.24) is 14.8 Å². The van der Waals surface area contributed by atoms with Gasteiger partial charge in [0.15, 0.2) is 5.82 Å². The Morgan fingerprint density at radius 2 is 1.96 bits per heavy atom. The van der Waals surface area contributed by atoms with Gasteiger partial charge >= 0.3 is 0 Å². The van der Waals surface area contributed by atoms with E-state index in [-0.39, 0.29) is 5.56 Å². The molecule has 0 aliphatic rings. The maximum Gasteiger partial charge on any atom is 0.280 e. The first-order valence-electron chi connectivity index (χ1n) is 7.84. The topological polar surface area (TPSA) is 74.5 Å². The second kappa shape index (κ2) is 6.55. The molecule has 2 aromatic heterocycles. The molecule has 0 fully saturated rings. The molecule has 0 unspecified atom stereocenters. The highest BCUT2D eigenvalue weighted by molar-refractivity contribution is 5.63. The van der Waals surface area contributed by atoms with E-state index in [1.54, 1.807) is 30.5 Å². The monoisotopic (exact) mass is 318 g/mol. The van der Waals surface area contributed by atoms with Crippen LogP contribution in [0.2, 0.25) is 0 Å². The summed E-state index contributed by atoms with van der Waals surface area (Å²) in [6.07, 6.45) is 4.43. The van der Waals surface area contributed by atoms with E-state index in [4.69, 9.17) is 5.26 Å². The van der Waals surface area contributed by atoms with E-state index in [0.29, 0.717) is 22.9 Å². The molecular weight excluding hydrogens is 300 g/mol. The molecule has 0 spiro atoms. The van der Waals surface area contributed by atoms with Crippen molar-refractivity contribution in [2.75, 3.05) is 0 Å². The lowest BCUT2D eigenvalue weighted by Gasteiger charge is -2.05. The van der Waals surface area contributed by atoms with E-state index in [9.17, 15) is 4.79 Å². The van der Waals surface area contributed by atoms with E-state index in [1.807, 2.05) is 18.3 Å². The van der Waals surface area contributed by atoms with Gasteiger partial charge in [0.05, 0.1) is 17.2 Å². The maximum absolute atomic E-state index is 12.6. The van der Waals surface area contributed by atoms with Crippen molar-refractivity contribution in [3.63, 3.8) is 0 Å². The molecule has 1 N–H and O–H groups in total. The molecule has 5 heteroatoms. The van der Waals surface area contributed by atoms with Crippen molar-refractivity contribution >= 4 is 0 Å². The zero-order valence-corrected chi connectivity index (χ0v) is 13.7. The quantitative estimate of drug-likeness (QED) is 0.802. The standard InChI is InChI=1S/C19H18N4O/c1-13(2)9-15-5-8-18(21-11-15)23-19(24)17(12-22-23)16-6-3-14(10-20)4-7-16/h3-8,11-13,22H,9H2,1-2H3. The van der Waals surface area contributed by atoms with Gasteiger partial charge < -0.3 is 0 Å². The molecule has 120 valence electrons. The number of aromatic amines is 1. The fourth-order valence-corrected chi connectivity index (χ4v) is 2.61. The summed E-state index contributed by atoms with van der Waals surface area (Å²) >= 11 is 0. The van der Waals surface area contributed by atoms with Crippen LogP contribution in [0.1, 0.15) is 25.0 Å². The van der Waals surface area contributed by atoms with Gasteiger partial charge in [-0.3, -0.25) is 9.89 Å². The summed E-state index contributed by atoms with van der Waals surface area (Å²) in [5.74, 6) is 1.13. The Morgan fingerprint density at radius 3 is 2.54 bits per heavy atom. The number of nitriles is 1. The minimum Gasteiger partial charge on any atom is -0.296 e. The van der Waals surface area contributed by atoms with Crippen molar-refractivity contribution < 1.29 is 0 Å². The summed E-state index contributed by atoms with van der Waals surface area (Å²) in [4.78, 5) is 17.0. The predicted molar refractivity (Wildman–Crippen MR) is 92.9 cm³/mol. The number of benzene rings is 1. The van der Waals surface area contributed by atoms with Crippen LogP contribution >= 0.6 is 0 Å². The minimum atomic E-state index is -0.163. The summed E-state index contributed by atoms with van der Waals surface area (Å²) in [5, 5.41) is 11.8. The van der Waals surface area contributed by atoms with Crippen molar-refractivity contribution in [2.45, 2.75) is 20.3 Å². The molecule has 0 aliphatic heterocycles. The molecule has 1 aromatic carbocycles. The number of pyridine rings is 1. The van der Waals surface area contributed by atoms with Gasteiger partial charge in [0.2, 0.25) is 0 Å². The highest BCUT2D eigenvalue weighted by Gasteiger charge is 2.11. The molecule has 24 heavy (non-hydrogen) atoms. The number of nitrogens with zero attached hydrogens (tertiary/aromatic N) is 3. The third-order valence-electron chi connectivity index (χ3n) is 3.78. The van der Waals surface area contributed by atoms with Gasteiger partial charge in [-0.25, -0.2) is 9.67 Å². The van der Waals surface area contributed by atoms with Gasteiger partial charge in [-0.1, -0.05) is 32.0 Å². The second-order valence-corrected chi connectivity index (χ2v) is 6.14. The number of nitrogens with one attached hydrogen (secondary N) is 1. The van der Waals surface area contributed by atoms with E-state index in [1.165, 1.54) is 4.68 Å². The lowest BCUT2D eigenvalue weighted by Crippen LogP contribution is -2.17. The number of rotatable bonds is 4. The summed E-state index contributed by atoms with van der Waals surface area (Å²) in [7, 11) is 0. The number of hydrogen-bond donors (Lipinski definition) is 1. The van der Waals surface area contributed by atoms with Gasteiger partial charge in [-0.05, 0) is 41.7 Å². The molecule has 0 bridgehead atoms. The molecule has 0 radical (unpaired) electrons. The first-order valence-corrected chi connectivity index (χ1v) is 7.84. The van der Waals surface area contributed by atoms with E-state index in [2.05, 4.69) is 30.0 Å². The lowest BCUT2D eigenvalue weighted by molar-refractivity contribution is 0.645. The molecule has 3 rings (SSSR count). The van der Waals surface area contributed by atoms with E-state index in [0.717, 1.165) is 17.5 Å². The summed E-state index contributed by atoms with van der Waals surface area (Å²) < 4.78 is 1.42. The van der Waals surface area contributed by atoms with Gasteiger partial charge in [0, 0.05) is 12.4 Å². The maximum atomic E-state index is 12.6. The zero-order chi connectivity index (χ0) is 17.1. The van der Waals surface area contributed by atoms with Crippen molar-refractivity contribution in [1.29, 1.82) is 5.26 Å². The Hall–Kier alpha value is -3.13. The minimum absolute atomic E-state index is 0.163. The normalized spacial score (nSPS) is 10.8. The average molecular weight is 318 g/mol. The first kappa shape index (κ1) is 15.8. The third-order valence-corrected chi connectivity index (χ3v) is 3.78. The van der Waals surface area contributed by atoms with Gasteiger partial charge in [0.25, 0.3) is 5.56 Å². The van der Waals surface area contributed by atoms with Crippen LogP contribution in [0.15, 0.2) is 53.6 Å². The fourth-order valence-electron chi connectivity index (χ4n) is 2.61. The second-order valence-electron chi connectivity index (χ2n) is 6.14. The molecule has 3 aromatic rings. The largest absolute Gasteiger partial charge is 0.296 e. The summed E-state index contributed by atoms with van der Waals surface area (Å²) in [6.45, 7) is 4.32. The Morgan fingerprint density at radius 1 is 1.21 bits per heavy atom. The van der Waals surface area contributed by atoms with Crippen molar-refractivity contribution in [3.8, 4) is 23.0 Å². The number of aromatic nitrogens is 3. The zero-order valence-electron chi connectivity index (χ0n) is 13.7. The van der Waals surface area contributed by atoms with Crippen molar-refractivity contribution in [2.24, 2.45) is 5.92 Å². The van der Waals surface area contributed by atoms with Crippen LogP contribution in [0, 0.1) is 17.2 Å². The van der Waals surface area contributed by atoms with Crippen LogP contribution in [-0.2, 0) is 6.42 Å². The molecule has 0 saturated heterocycles. The molecule has 0 atom stereocenters. The van der Waals surface area contributed by atoms with Crippen LogP contribution in [0.4, 0.5) is 0 Å². The number of H-pyrrole nitrogens is 1.